The summed E-state index contributed by atoms with van der Waals surface area (Å²) in [5.74, 6) is 1.04. The number of hydrogen-bond acceptors (Lipinski definition) is 2. The molecule has 0 bridgehead atoms. The second kappa shape index (κ2) is 6.89. The van der Waals surface area contributed by atoms with Crippen molar-refractivity contribution in [2.75, 3.05) is 19.6 Å². The van der Waals surface area contributed by atoms with Gasteiger partial charge in [-0.15, -0.1) is 0 Å². The number of carbonyl (C=O) groups excluding carboxylic acids is 1. The van der Waals surface area contributed by atoms with Gasteiger partial charge in [0.1, 0.15) is 0 Å². The molecule has 3 heteroatoms. The molecule has 1 N–H and O–H groups in total. The fraction of sp³-hybridized carbons (Fsp3) is 0.923. The molecule has 0 aliphatic carbocycles. The lowest BCUT2D eigenvalue weighted by atomic mass is 9.88. The monoisotopic (exact) mass is 226 g/mol. The van der Waals surface area contributed by atoms with Gasteiger partial charge in [-0.2, -0.15) is 0 Å². The molecule has 0 radical (unpaired) electrons. The molecule has 94 valence electrons. The Morgan fingerprint density at radius 1 is 1.31 bits per heavy atom. The highest BCUT2D eigenvalue weighted by atomic mass is 16.2. The smallest absolute Gasteiger partial charge is 0.239 e. The van der Waals surface area contributed by atoms with Crippen LogP contribution in [-0.4, -0.2) is 36.5 Å². The molecule has 3 nitrogen and oxygen atoms in total. The molecule has 1 heterocycles. The van der Waals surface area contributed by atoms with E-state index in [-0.39, 0.29) is 6.04 Å². The average Bonchev–Trinajstić information content (AvgIpc) is 2.31. The van der Waals surface area contributed by atoms with E-state index in [9.17, 15) is 4.79 Å². The minimum Gasteiger partial charge on any atom is -0.342 e. The van der Waals surface area contributed by atoms with Crippen LogP contribution in [0.3, 0.4) is 0 Å². The maximum atomic E-state index is 12.2. The highest BCUT2D eigenvalue weighted by Gasteiger charge is 2.28. The first-order valence-electron chi connectivity index (χ1n) is 6.75. The topological polar surface area (TPSA) is 32.3 Å². The molecular formula is C13H26N2O. The van der Waals surface area contributed by atoms with Gasteiger partial charge in [-0.25, -0.2) is 0 Å². The number of likely N-dealkylation sites (N-methyl/N-ethyl adjacent to an activating group) is 1. The van der Waals surface area contributed by atoms with Crippen molar-refractivity contribution in [2.24, 2.45) is 5.92 Å². The number of carbonyl (C=O) groups is 1. The van der Waals surface area contributed by atoms with E-state index in [0.717, 1.165) is 32.0 Å². The van der Waals surface area contributed by atoms with Crippen LogP contribution in [0.15, 0.2) is 0 Å². The van der Waals surface area contributed by atoms with E-state index in [1.165, 1.54) is 19.3 Å². The molecular weight excluding hydrogens is 200 g/mol. The van der Waals surface area contributed by atoms with Gasteiger partial charge in [0.15, 0.2) is 0 Å². The maximum Gasteiger partial charge on any atom is 0.239 e. The number of nitrogens with one attached hydrogen (secondary N) is 1. The average molecular weight is 226 g/mol. The van der Waals surface area contributed by atoms with Gasteiger partial charge in [-0.1, -0.05) is 19.8 Å². The van der Waals surface area contributed by atoms with E-state index in [4.69, 9.17) is 0 Å². The summed E-state index contributed by atoms with van der Waals surface area (Å²) in [6, 6.07) is 0.0743. The van der Waals surface area contributed by atoms with Crippen molar-refractivity contribution in [3.63, 3.8) is 0 Å². The van der Waals surface area contributed by atoms with Gasteiger partial charge in [0.25, 0.3) is 0 Å². The van der Waals surface area contributed by atoms with Gasteiger partial charge < -0.3 is 10.2 Å². The standard InChI is InChI=1S/C13H26N2O/c1-4-7-11-8-9-14-12(10-11)13(16)15(5-2)6-3/h11-12,14H,4-10H2,1-3H3. The zero-order chi connectivity index (χ0) is 12.0. The van der Waals surface area contributed by atoms with Crippen molar-refractivity contribution in [1.29, 1.82) is 0 Å². The van der Waals surface area contributed by atoms with Crippen LogP contribution in [0.5, 0.6) is 0 Å². The quantitative estimate of drug-likeness (QED) is 0.778. The Kier molecular flexibility index (Phi) is 5.81. The van der Waals surface area contributed by atoms with Gasteiger partial charge >= 0.3 is 0 Å². The Balaban J connectivity index is 2.49. The second-order valence-corrected chi connectivity index (χ2v) is 4.70. The van der Waals surface area contributed by atoms with Gasteiger partial charge in [-0.3, -0.25) is 4.79 Å². The fourth-order valence-corrected chi connectivity index (χ4v) is 2.61. The third kappa shape index (κ3) is 3.48. The number of piperidine rings is 1. The predicted molar refractivity (Wildman–Crippen MR) is 67.4 cm³/mol. The third-order valence-electron chi connectivity index (χ3n) is 3.58. The van der Waals surface area contributed by atoms with Gasteiger partial charge in [-0.05, 0) is 39.2 Å². The molecule has 1 amide bonds. The number of amides is 1. The van der Waals surface area contributed by atoms with E-state index in [2.05, 4.69) is 12.2 Å². The van der Waals surface area contributed by atoms with E-state index < -0.39 is 0 Å². The minimum absolute atomic E-state index is 0.0743. The second-order valence-electron chi connectivity index (χ2n) is 4.70. The Morgan fingerprint density at radius 2 is 2.00 bits per heavy atom. The number of rotatable bonds is 5. The Morgan fingerprint density at radius 3 is 2.56 bits per heavy atom. The Labute approximate surface area is 99.6 Å². The number of nitrogens with zero attached hydrogens (tertiary/aromatic N) is 1. The molecule has 0 aromatic rings. The summed E-state index contributed by atoms with van der Waals surface area (Å²) in [5, 5.41) is 3.37. The van der Waals surface area contributed by atoms with E-state index in [0.29, 0.717) is 5.91 Å². The zero-order valence-electron chi connectivity index (χ0n) is 11.0. The van der Waals surface area contributed by atoms with Crippen LogP contribution in [-0.2, 0) is 4.79 Å². The maximum absolute atomic E-state index is 12.2. The van der Waals surface area contributed by atoms with E-state index >= 15 is 0 Å². The molecule has 1 aliphatic heterocycles. The minimum atomic E-state index is 0.0743. The molecule has 0 spiro atoms. The third-order valence-corrected chi connectivity index (χ3v) is 3.58. The van der Waals surface area contributed by atoms with Crippen LogP contribution in [0.4, 0.5) is 0 Å². The lowest BCUT2D eigenvalue weighted by Crippen LogP contribution is -2.50. The summed E-state index contributed by atoms with van der Waals surface area (Å²) < 4.78 is 0. The molecule has 1 saturated heterocycles. The summed E-state index contributed by atoms with van der Waals surface area (Å²) in [4.78, 5) is 14.1. The normalized spacial score (nSPS) is 25.4. The summed E-state index contributed by atoms with van der Waals surface area (Å²) in [7, 11) is 0. The van der Waals surface area contributed by atoms with E-state index in [1.54, 1.807) is 0 Å². The van der Waals surface area contributed by atoms with Crippen molar-refractivity contribution >= 4 is 5.91 Å². The summed E-state index contributed by atoms with van der Waals surface area (Å²) in [6.45, 7) is 8.98. The van der Waals surface area contributed by atoms with Gasteiger partial charge in [0.2, 0.25) is 5.91 Å². The molecule has 2 atom stereocenters. The predicted octanol–water partition coefficient (Wildman–Crippen LogP) is 2.02. The largest absolute Gasteiger partial charge is 0.342 e. The summed E-state index contributed by atoms with van der Waals surface area (Å²) >= 11 is 0. The zero-order valence-corrected chi connectivity index (χ0v) is 11.0. The van der Waals surface area contributed by atoms with Crippen LogP contribution < -0.4 is 5.32 Å². The van der Waals surface area contributed by atoms with Gasteiger partial charge in [0.05, 0.1) is 6.04 Å². The van der Waals surface area contributed by atoms with Crippen molar-refractivity contribution < 1.29 is 4.79 Å². The van der Waals surface area contributed by atoms with Crippen molar-refractivity contribution in [3.8, 4) is 0 Å². The molecule has 2 unspecified atom stereocenters. The van der Waals surface area contributed by atoms with Crippen molar-refractivity contribution in [1.82, 2.24) is 10.2 Å². The lowest BCUT2D eigenvalue weighted by molar-refractivity contribution is -0.134. The first-order valence-corrected chi connectivity index (χ1v) is 6.75. The Hall–Kier alpha value is -0.570. The fourth-order valence-electron chi connectivity index (χ4n) is 2.61. The molecule has 0 saturated carbocycles. The molecule has 1 rings (SSSR count). The SMILES string of the molecule is CCCC1CCNC(C(=O)N(CC)CC)C1. The molecule has 0 aromatic heterocycles. The first kappa shape index (κ1) is 13.5. The molecule has 1 aliphatic rings. The van der Waals surface area contributed by atoms with Crippen LogP contribution in [0.1, 0.15) is 46.5 Å². The van der Waals surface area contributed by atoms with Crippen molar-refractivity contribution in [2.45, 2.75) is 52.5 Å². The Bertz CT molecular complexity index is 212. The summed E-state index contributed by atoms with van der Waals surface area (Å²) in [6.07, 6.45) is 4.76. The molecule has 1 fully saturated rings. The van der Waals surface area contributed by atoms with Crippen molar-refractivity contribution in [3.05, 3.63) is 0 Å². The summed E-state index contributed by atoms with van der Waals surface area (Å²) in [5.41, 5.74) is 0. The van der Waals surface area contributed by atoms with Gasteiger partial charge in [0, 0.05) is 13.1 Å². The van der Waals surface area contributed by atoms with Crippen LogP contribution in [0, 0.1) is 5.92 Å². The van der Waals surface area contributed by atoms with Crippen LogP contribution >= 0.6 is 0 Å². The van der Waals surface area contributed by atoms with Crippen LogP contribution in [0.2, 0.25) is 0 Å². The molecule has 16 heavy (non-hydrogen) atoms. The molecule has 0 aromatic carbocycles. The lowest BCUT2D eigenvalue weighted by Gasteiger charge is -2.32. The number of hydrogen-bond donors (Lipinski definition) is 1. The first-order chi connectivity index (χ1) is 7.72. The highest BCUT2D eigenvalue weighted by Crippen LogP contribution is 2.22. The van der Waals surface area contributed by atoms with E-state index in [1.807, 2.05) is 18.7 Å². The van der Waals surface area contributed by atoms with Crippen LogP contribution in [0.25, 0.3) is 0 Å². The highest BCUT2D eigenvalue weighted by molar-refractivity contribution is 5.82.